The van der Waals surface area contributed by atoms with E-state index in [-0.39, 0.29) is 5.78 Å². The van der Waals surface area contributed by atoms with Crippen molar-refractivity contribution in [2.45, 2.75) is 0 Å². The summed E-state index contributed by atoms with van der Waals surface area (Å²) < 4.78 is 0. The summed E-state index contributed by atoms with van der Waals surface area (Å²) >= 11 is 0. The van der Waals surface area contributed by atoms with E-state index in [4.69, 9.17) is 0 Å². The van der Waals surface area contributed by atoms with E-state index in [0.717, 1.165) is 50.6 Å². The van der Waals surface area contributed by atoms with Crippen LogP contribution in [-0.4, -0.2) is 67.1 Å². The molecule has 0 spiro atoms. The van der Waals surface area contributed by atoms with Crippen LogP contribution in [0.5, 0.6) is 0 Å². The van der Waals surface area contributed by atoms with Gasteiger partial charge in [0.05, 0.1) is 11.6 Å². The Balaban J connectivity index is 1.89. The van der Waals surface area contributed by atoms with Crippen LogP contribution in [0.3, 0.4) is 0 Å². The number of likely N-dealkylation sites (N-methyl/N-ethyl adjacent to an activating group) is 1. The molecule has 1 unspecified atom stereocenters. The lowest BCUT2D eigenvalue weighted by atomic mass is 9.76. The van der Waals surface area contributed by atoms with Gasteiger partial charge in [-0.25, -0.2) is 0 Å². The average Bonchev–Trinajstić information content (AvgIpc) is 2.92. The molecular formula is C34H40N4O. The van der Waals surface area contributed by atoms with Crippen LogP contribution in [0.4, 0.5) is 17.1 Å². The number of ketones is 1. The van der Waals surface area contributed by atoms with E-state index in [9.17, 15) is 4.79 Å². The number of hydrogen-bond donors (Lipinski definition) is 0. The van der Waals surface area contributed by atoms with Gasteiger partial charge in [-0.3, -0.25) is 4.79 Å². The normalized spacial score (nSPS) is 15.1. The van der Waals surface area contributed by atoms with Gasteiger partial charge < -0.3 is 19.6 Å². The second kappa shape index (κ2) is 11.2. The predicted molar refractivity (Wildman–Crippen MR) is 168 cm³/mol. The summed E-state index contributed by atoms with van der Waals surface area (Å²) in [7, 11) is 16.3. The minimum Gasteiger partial charge on any atom is -0.378 e. The maximum atomic E-state index is 14.0. The fraction of sp³-hybridized carbons (Fsp3) is 0.265. The summed E-state index contributed by atoms with van der Waals surface area (Å²) in [5.41, 5.74) is 10.0. The number of carbonyl (C=O) groups excluding carboxylic acids is 1. The second-order valence-corrected chi connectivity index (χ2v) is 10.9. The SMILES string of the molecule is C=C1C(c2ccc(N(C)C)cc2)=C(N(C)C)C(c2ccc(N(C)C)cc2)=CC1C(=O)c1ccc(N(C)C)cc1. The van der Waals surface area contributed by atoms with Gasteiger partial charge in [-0.1, -0.05) is 36.9 Å². The lowest BCUT2D eigenvalue weighted by Crippen LogP contribution is -2.25. The molecule has 0 saturated carbocycles. The van der Waals surface area contributed by atoms with Crippen molar-refractivity contribution < 1.29 is 4.79 Å². The molecule has 0 radical (unpaired) electrons. The number of anilines is 3. The number of hydrogen-bond acceptors (Lipinski definition) is 5. The summed E-state index contributed by atoms with van der Waals surface area (Å²) in [4.78, 5) is 22.4. The third-order valence-electron chi connectivity index (χ3n) is 7.29. The average molecular weight is 521 g/mol. The van der Waals surface area contributed by atoms with Crippen LogP contribution in [0.25, 0.3) is 11.1 Å². The first-order valence-electron chi connectivity index (χ1n) is 13.2. The maximum Gasteiger partial charge on any atom is 0.174 e. The fourth-order valence-corrected chi connectivity index (χ4v) is 5.01. The standard InChI is InChI=1S/C34H40N4O/c1-23-30(34(39)26-14-20-29(21-15-26)37(6)7)22-31(24-10-16-27(17-11-24)35(2)3)33(38(8)9)32(23)25-12-18-28(19-13-25)36(4)5/h10-22,30H,1H2,2-9H3. The van der Waals surface area contributed by atoms with Gasteiger partial charge in [-0.05, 0) is 65.2 Å². The predicted octanol–water partition coefficient (Wildman–Crippen LogP) is 6.31. The van der Waals surface area contributed by atoms with Crippen molar-refractivity contribution in [2.24, 2.45) is 5.92 Å². The summed E-state index contributed by atoms with van der Waals surface area (Å²) in [6.07, 6.45) is 2.10. The van der Waals surface area contributed by atoms with Crippen molar-refractivity contribution in [2.75, 3.05) is 71.1 Å². The molecule has 202 valence electrons. The first-order chi connectivity index (χ1) is 18.5. The Morgan fingerprint density at radius 1 is 0.590 bits per heavy atom. The van der Waals surface area contributed by atoms with Gasteiger partial charge >= 0.3 is 0 Å². The highest BCUT2D eigenvalue weighted by molar-refractivity contribution is 6.09. The van der Waals surface area contributed by atoms with Crippen LogP contribution >= 0.6 is 0 Å². The summed E-state index contributed by atoms with van der Waals surface area (Å²) in [5.74, 6) is -0.432. The van der Waals surface area contributed by atoms with E-state index < -0.39 is 5.92 Å². The zero-order valence-electron chi connectivity index (χ0n) is 24.5. The molecule has 39 heavy (non-hydrogen) atoms. The van der Waals surface area contributed by atoms with Gasteiger partial charge in [0.15, 0.2) is 5.78 Å². The largest absolute Gasteiger partial charge is 0.378 e. The van der Waals surface area contributed by atoms with Crippen LogP contribution in [-0.2, 0) is 0 Å². The highest BCUT2D eigenvalue weighted by atomic mass is 16.1. The van der Waals surface area contributed by atoms with E-state index in [0.29, 0.717) is 5.56 Å². The van der Waals surface area contributed by atoms with E-state index in [1.54, 1.807) is 0 Å². The molecule has 4 rings (SSSR count). The minimum absolute atomic E-state index is 0.0490. The quantitative estimate of drug-likeness (QED) is 0.325. The van der Waals surface area contributed by atoms with Crippen molar-refractivity contribution in [3.63, 3.8) is 0 Å². The zero-order valence-corrected chi connectivity index (χ0v) is 24.5. The van der Waals surface area contributed by atoms with Crippen LogP contribution in [0.1, 0.15) is 21.5 Å². The highest BCUT2D eigenvalue weighted by Gasteiger charge is 2.33. The molecule has 0 aliphatic heterocycles. The Hall–Kier alpha value is -4.25. The molecule has 1 aliphatic rings. The zero-order chi connectivity index (χ0) is 28.4. The Labute approximate surface area is 234 Å². The second-order valence-electron chi connectivity index (χ2n) is 10.9. The van der Waals surface area contributed by atoms with E-state index in [2.05, 4.69) is 90.0 Å². The van der Waals surface area contributed by atoms with Crippen molar-refractivity contribution in [1.82, 2.24) is 4.90 Å². The van der Waals surface area contributed by atoms with E-state index >= 15 is 0 Å². The molecule has 0 N–H and O–H groups in total. The fourth-order valence-electron chi connectivity index (χ4n) is 5.01. The summed E-state index contributed by atoms with van der Waals surface area (Å²) in [6, 6.07) is 24.8. The molecule has 5 heteroatoms. The molecule has 0 fully saturated rings. The minimum atomic E-state index is -0.481. The Morgan fingerprint density at radius 3 is 1.41 bits per heavy atom. The number of Topliss-reactive ketones (excluding diaryl/α,β-unsaturated/α-hetero) is 1. The molecular weight excluding hydrogens is 480 g/mol. The van der Waals surface area contributed by atoms with E-state index in [1.807, 2.05) is 71.5 Å². The summed E-state index contributed by atoms with van der Waals surface area (Å²) in [5, 5.41) is 0. The maximum absolute atomic E-state index is 14.0. The first-order valence-corrected chi connectivity index (χ1v) is 13.2. The van der Waals surface area contributed by atoms with Gasteiger partial charge in [0.25, 0.3) is 0 Å². The molecule has 3 aromatic rings. The molecule has 5 nitrogen and oxygen atoms in total. The van der Waals surface area contributed by atoms with Gasteiger partial charge in [-0.15, -0.1) is 0 Å². The monoisotopic (exact) mass is 520 g/mol. The third kappa shape index (κ3) is 5.63. The van der Waals surface area contributed by atoms with Gasteiger partial charge in [-0.2, -0.15) is 0 Å². The van der Waals surface area contributed by atoms with Gasteiger partial charge in [0.2, 0.25) is 0 Å². The van der Waals surface area contributed by atoms with Crippen molar-refractivity contribution >= 4 is 34.0 Å². The number of carbonyl (C=O) groups is 1. The first kappa shape index (κ1) is 27.8. The van der Waals surface area contributed by atoms with Crippen LogP contribution in [0.15, 0.2) is 96.7 Å². The lowest BCUT2D eigenvalue weighted by Gasteiger charge is -2.33. The topological polar surface area (TPSA) is 30.0 Å². The van der Waals surface area contributed by atoms with Gasteiger partial charge in [0, 0.05) is 90.2 Å². The van der Waals surface area contributed by atoms with Crippen LogP contribution < -0.4 is 14.7 Å². The number of rotatable bonds is 8. The highest BCUT2D eigenvalue weighted by Crippen LogP contribution is 2.44. The molecule has 0 saturated heterocycles. The molecule has 0 heterocycles. The molecule has 1 atom stereocenters. The Kier molecular flexibility index (Phi) is 8.01. The molecule has 0 bridgehead atoms. The smallest absolute Gasteiger partial charge is 0.174 e. The molecule has 3 aromatic carbocycles. The van der Waals surface area contributed by atoms with Crippen LogP contribution in [0.2, 0.25) is 0 Å². The van der Waals surface area contributed by atoms with E-state index in [1.165, 1.54) is 0 Å². The lowest BCUT2D eigenvalue weighted by molar-refractivity contribution is 0.0962. The Morgan fingerprint density at radius 2 is 1.00 bits per heavy atom. The molecule has 1 aliphatic carbocycles. The van der Waals surface area contributed by atoms with Crippen LogP contribution in [0, 0.1) is 5.92 Å². The van der Waals surface area contributed by atoms with Crippen molar-refractivity contribution in [1.29, 1.82) is 0 Å². The number of allylic oxidation sites excluding steroid dienone is 4. The Bertz CT molecular complexity index is 1410. The van der Waals surface area contributed by atoms with Crippen molar-refractivity contribution in [3.8, 4) is 0 Å². The number of nitrogens with zero attached hydrogens (tertiary/aromatic N) is 4. The van der Waals surface area contributed by atoms with Gasteiger partial charge in [0.1, 0.15) is 0 Å². The molecule has 0 amide bonds. The van der Waals surface area contributed by atoms with Crippen molar-refractivity contribution in [3.05, 3.63) is 113 Å². The molecule has 0 aromatic heterocycles. The third-order valence-corrected chi connectivity index (χ3v) is 7.29. The number of benzene rings is 3. The summed E-state index contributed by atoms with van der Waals surface area (Å²) in [6.45, 7) is 4.53.